The van der Waals surface area contributed by atoms with E-state index in [4.69, 9.17) is 0 Å². The molecule has 4 aliphatic rings. The lowest BCUT2D eigenvalue weighted by Gasteiger charge is -2.39. The van der Waals surface area contributed by atoms with Crippen LogP contribution in [0.3, 0.4) is 0 Å². The summed E-state index contributed by atoms with van der Waals surface area (Å²) in [6.45, 7) is 4.08. The fourth-order valence-electron chi connectivity index (χ4n) is 8.22. The molecule has 3 atom stereocenters. The van der Waals surface area contributed by atoms with Crippen LogP contribution in [0.1, 0.15) is 68.9 Å². The predicted octanol–water partition coefficient (Wildman–Crippen LogP) is 5.00. The van der Waals surface area contributed by atoms with Crippen molar-refractivity contribution in [3.05, 3.63) is 65.4 Å². The summed E-state index contributed by atoms with van der Waals surface area (Å²) in [6, 6.07) is 6.61. The highest BCUT2D eigenvalue weighted by Crippen LogP contribution is 2.38. The second kappa shape index (κ2) is 16.8. The van der Waals surface area contributed by atoms with Crippen molar-refractivity contribution in [2.75, 3.05) is 60.9 Å². The van der Waals surface area contributed by atoms with E-state index in [1.807, 2.05) is 4.90 Å². The van der Waals surface area contributed by atoms with Crippen molar-refractivity contribution in [1.82, 2.24) is 24.9 Å². The number of nitrogens with one attached hydrogen (secondary N) is 3. The molecule has 4 saturated heterocycles. The molecule has 1 aromatic heterocycles. The van der Waals surface area contributed by atoms with Crippen molar-refractivity contribution in [3.63, 3.8) is 0 Å². The summed E-state index contributed by atoms with van der Waals surface area (Å²) >= 11 is 0. The van der Waals surface area contributed by atoms with E-state index in [2.05, 4.69) is 30.2 Å². The van der Waals surface area contributed by atoms with Gasteiger partial charge in [-0.1, -0.05) is 6.07 Å². The Kier molecular flexibility index (Phi) is 12.2. The topological polar surface area (TPSA) is 160 Å². The number of benzene rings is 2. The molecule has 1 unspecified atom stereocenters. The normalized spacial score (nSPS) is 23.6. The number of hydrogen-bond acceptors (Lipinski definition) is 11. The second-order valence-electron chi connectivity index (χ2n) is 16.1. The van der Waals surface area contributed by atoms with E-state index in [0.29, 0.717) is 38.1 Å². The van der Waals surface area contributed by atoms with Crippen LogP contribution in [0.25, 0.3) is 0 Å². The van der Waals surface area contributed by atoms with Crippen LogP contribution < -0.4 is 25.2 Å². The molecule has 0 saturated carbocycles. The highest BCUT2D eigenvalue weighted by atomic mass is 32.2. The highest BCUT2D eigenvalue weighted by Gasteiger charge is 2.39. The van der Waals surface area contributed by atoms with E-state index in [1.54, 1.807) is 19.1 Å². The molecule has 59 heavy (non-hydrogen) atoms. The van der Waals surface area contributed by atoms with E-state index in [9.17, 15) is 36.3 Å². The van der Waals surface area contributed by atoms with Crippen molar-refractivity contribution in [1.29, 1.82) is 0 Å². The number of rotatable bonds is 10. The lowest BCUT2D eigenvalue weighted by atomic mass is 9.89. The number of sulfonamides is 1. The fraction of sp³-hybridized carbons (Fsp3) is 0.538. The number of carbonyl (C=O) groups is 2. The van der Waals surface area contributed by atoms with E-state index >= 15 is 13.2 Å². The number of piperidine rings is 4. The molecule has 0 spiro atoms. The lowest BCUT2D eigenvalue weighted by molar-refractivity contribution is -0.138. The SMILES string of the molecule is CC1(O)CCN(c2nc(Nc3ccc(S(=O)(=O)N[C@@H]4CCN(CC5CCN(c6ccc(C7CCC(=O)NC7=O)c(F)c6)CC5)C[C@@H]4F)cc3F)ncc2C(F)(F)F)CC1. The lowest BCUT2D eigenvalue weighted by Crippen LogP contribution is -2.53. The zero-order valence-electron chi connectivity index (χ0n) is 32.2. The molecule has 0 radical (unpaired) electrons. The Bertz CT molecular complexity index is 2160. The zero-order valence-corrected chi connectivity index (χ0v) is 33.1. The van der Waals surface area contributed by atoms with Gasteiger partial charge in [0.1, 0.15) is 29.2 Å². The van der Waals surface area contributed by atoms with Gasteiger partial charge in [0.15, 0.2) is 0 Å². The first-order chi connectivity index (χ1) is 27.8. The van der Waals surface area contributed by atoms with Gasteiger partial charge >= 0.3 is 6.18 Å². The van der Waals surface area contributed by atoms with Crippen LogP contribution in [0, 0.1) is 17.6 Å². The van der Waals surface area contributed by atoms with Crippen LogP contribution in [0.2, 0.25) is 0 Å². The van der Waals surface area contributed by atoms with Crippen LogP contribution in [0.4, 0.5) is 49.5 Å². The second-order valence-corrected chi connectivity index (χ2v) is 17.8. The molecule has 7 rings (SSSR count). The fourth-order valence-corrected chi connectivity index (χ4v) is 9.52. The van der Waals surface area contributed by atoms with E-state index in [1.165, 1.54) is 11.0 Å². The molecule has 4 fully saturated rings. The maximum atomic E-state index is 15.5. The summed E-state index contributed by atoms with van der Waals surface area (Å²) in [5.74, 6) is -3.70. The molecule has 5 heterocycles. The Balaban J connectivity index is 0.905. The summed E-state index contributed by atoms with van der Waals surface area (Å²) in [4.78, 5) is 36.4. The number of alkyl halides is 4. The molecule has 0 bridgehead atoms. The standard InChI is InChI=1S/C39H46F6N8O5S/c1-38(56)11-16-53(17-12-38)35-28(39(43,44)45)20-46-37(49-35)47-32-6-3-25(19-30(32)41)59(57,58)50-33-10-13-51(22-31(33)42)21-23-8-14-52(15-9-23)24-2-4-26(29(40)18-24)27-5-7-34(54)48-36(27)55/h2-4,6,18-20,23,27,31,33,50,56H,5,7-17,21-22H2,1H3,(H,46,47,49)(H,48,54,55)/t27?,31-,33+/m0/s1. The number of aromatic nitrogens is 2. The van der Waals surface area contributed by atoms with Crippen LogP contribution in [0.5, 0.6) is 0 Å². The Labute approximate surface area is 337 Å². The van der Waals surface area contributed by atoms with Crippen molar-refractivity contribution in [2.45, 2.75) is 86.7 Å². The molecule has 2 amide bonds. The van der Waals surface area contributed by atoms with Crippen molar-refractivity contribution in [2.24, 2.45) is 5.92 Å². The minimum absolute atomic E-state index is 0.0104. The highest BCUT2D eigenvalue weighted by molar-refractivity contribution is 7.89. The largest absolute Gasteiger partial charge is 0.421 e. The number of halogens is 6. The van der Waals surface area contributed by atoms with Crippen molar-refractivity contribution < 1.29 is 49.5 Å². The maximum Gasteiger partial charge on any atom is 0.421 e. The first-order valence-electron chi connectivity index (χ1n) is 19.6. The molecule has 2 aromatic carbocycles. The molecule has 0 aliphatic carbocycles. The summed E-state index contributed by atoms with van der Waals surface area (Å²) in [7, 11) is -4.38. The number of carbonyl (C=O) groups excluding carboxylic acids is 2. The quantitative estimate of drug-likeness (QED) is 0.161. The molecule has 4 N–H and O–H groups in total. The van der Waals surface area contributed by atoms with E-state index in [-0.39, 0.29) is 80.8 Å². The molecular weight excluding hydrogens is 807 g/mol. The number of likely N-dealkylation sites (tertiary alicyclic amines) is 1. The number of anilines is 4. The van der Waals surface area contributed by atoms with Gasteiger partial charge in [-0.15, -0.1) is 0 Å². The molecular formula is C39H46F6N8O5S. The Morgan fingerprint density at radius 1 is 0.949 bits per heavy atom. The van der Waals surface area contributed by atoms with Gasteiger partial charge in [0, 0.05) is 63.1 Å². The van der Waals surface area contributed by atoms with Crippen molar-refractivity contribution in [3.8, 4) is 0 Å². The van der Waals surface area contributed by atoms with Crippen LogP contribution >= 0.6 is 0 Å². The van der Waals surface area contributed by atoms with Gasteiger partial charge in [0.05, 0.1) is 28.1 Å². The summed E-state index contributed by atoms with van der Waals surface area (Å²) in [5.41, 5.74) is -1.48. The van der Waals surface area contributed by atoms with E-state index < -0.39 is 73.8 Å². The smallest absolute Gasteiger partial charge is 0.390 e. The summed E-state index contributed by atoms with van der Waals surface area (Å²) < 4.78 is 116. The summed E-state index contributed by atoms with van der Waals surface area (Å²) in [5, 5.41) is 15.0. The third kappa shape index (κ3) is 9.92. The number of hydrogen-bond donors (Lipinski definition) is 4. The third-order valence-corrected chi connectivity index (χ3v) is 13.2. The molecule has 3 aromatic rings. The van der Waals surface area contributed by atoms with Crippen LogP contribution in [0.15, 0.2) is 47.5 Å². The van der Waals surface area contributed by atoms with Crippen LogP contribution in [-0.4, -0.2) is 104 Å². The number of imide groups is 1. The van der Waals surface area contributed by atoms with Gasteiger partial charge in [0.25, 0.3) is 0 Å². The van der Waals surface area contributed by atoms with Gasteiger partial charge in [0.2, 0.25) is 27.8 Å². The van der Waals surface area contributed by atoms with Gasteiger partial charge in [-0.25, -0.2) is 31.3 Å². The average Bonchev–Trinajstić information content (AvgIpc) is 3.17. The first-order valence-corrected chi connectivity index (χ1v) is 21.1. The number of amides is 2. The Hall–Kier alpha value is -4.53. The first kappa shape index (κ1) is 42.6. The maximum absolute atomic E-state index is 15.5. The molecule has 4 aliphatic heterocycles. The molecule has 13 nitrogen and oxygen atoms in total. The summed E-state index contributed by atoms with van der Waals surface area (Å²) in [6.07, 6.45) is -3.22. The van der Waals surface area contributed by atoms with Gasteiger partial charge in [-0.05, 0) is 88.2 Å². The predicted molar refractivity (Wildman–Crippen MR) is 205 cm³/mol. The molecule has 20 heteroatoms. The zero-order chi connectivity index (χ0) is 42.3. The minimum atomic E-state index is -4.78. The van der Waals surface area contributed by atoms with Crippen LogP contribution in [-0.2, 0) is 25.8 Å². The van der Waals surface area contributed by atoms with Gasteiger partial charge in [-0.2, -0.15) is 18.2 Å². The van der Waals surface area contributed by atoms with Crippen molar-refractivity contribution >= 4 is 45.0 Å². The number of nitrogens with zero attached hydrogens (tertiary/aromatic N) is 5. The van der Waals surface area contributed by atoms with Gasteiger partial charge in [-0.3, -0.25) is 14.9 Å². The Morgan fingerprint density at radius 3 is 2.32 bits per heavy atom. The monoisotopic (exact) mass is 852 g/mol. The van der Waals surface area contributed by atoms with Gasteiger partial charge < -0.3 is 25.1 Å². The minimum Gasteiger partial charge on any atom is -0.390 e. The molecule has 320 valence electrons. The third-order valence-electron chi connectivity index (χ3n) is 11.7. The Morgan fingerprint density at radius 2 is 1.68 bits per heavy atom. The average molecular weight is 853 g/mol. The number of aliphatic hydroxyl groups is 1. The van der Waals surface area contributed by atoms with E-state index in [0.717, 1.165) is 31.0 Å².